The molecule has 178 valence electrons. The number of aliphatic hydroxyl groups is 1. The lowest BCUT2D eigenvalue weighted by atomic mass is 9.93. The van der Waals surface area contributed by atoms with Crippen molar-refractivity contribution in [2.45, 2.75) is 84.4 Å². The molecule has 0 saturated carbocycles. The van der Waals surface area contributed by atoms with Gasteiger partial charge in [0.1, 0.15) is 11.6 Å². The van der Waals surface area contributed by atoms with Gasteiger partial charge in [-0.15, -0.1) is 0 Å². The minimum absolute atomic E-state index is 0.0267. The van der Waals surface area contributed by atoms with E-state index in [1.165, 1.54) is 6.42 Å². The number of nitrogens with two attached hydrogens (primary N) is 1. The van der Waals surface area contributed by atoms with Crippen molar-refractivity contribution in [3.05, 3.63) is 35.4 Å². The van der Waals surface area contributed by atoms with Gasteiger partial charge in [-0.1, -0.05) is 47.0 Å². The molecular formula is C23H39F2N3O3. The first-order valence-corrected chi connectivity index (χ1v) is 11.1. The summed E-state index contributed by atoms with van der Waals surface area (Å²) in [7, 11) is 0. The largest absolute Gasteiger partial charge is 0.389 e. The number of halogens is 2. The van der Waals surface area contributed by atoms with Crippen molar-refractivity contribution in [2.75, 3.05) is 6.54 Å². The van der Waals surface area contributed by atoms with Gasteiger partial charge >= 0.3 is 0 Å². The van der Waals surface area contributed by atoms with Crippen molar-refractivity contribution in [1.82, 2.24) is 10.6 Å². The van der Waals surface area contributed by atoms with Crippen LogP contribution in [0.3, 0.4) is 0 Å². The third-order valence-corrected chi connectivity index (χ3v) is 4.63. The van der Waals surface area contributed by atoms with Gasteiger partial charge in [-0.25, -0.2) is 8.78 Å². The van der Waals surface area contributed by atoms with Crippen molar-refractivity contribution in [2.24, 2.45) is 11.7 Å². The van der Waals surface area contributed by atoms with Crippen LogP contribution in [-0.2, 0) is 16.0 Å². The zero-order valence-corrected chi connectivity index (χ0v) is 19.2. The number of benzene rings is 1. The number of aliphatic hydroxyl groups excluding tert-OH is 1. The Labute approximate surface area is 185 Å². The molecule has 0 aliphatic rings. The Bertz CT molecular complexity index is 626. The quantitative estimate of drug-likeness (QED) is 0.352. The van der Waals surface area contributed by atoms with Gasteiger partial charge in [0.05, 0.1) is 18.1 Å². The summed E-state index contributed by atoms with van der Waals surface area (Å²) in [5, 5.41) is 15.9. The molecule has 5 N–H and O–H groups in total. The van der Waals surface area contributed by atoms with Gasteiger partial charge in [0.2, 0.25) is 12.3 Å². The Hall–Kier alpha value is -2.06. The molecule has 0 fully saturated rings. The maximum Gasteiger partial charge on any atom is 0.225 e. The highest BCUT2D eigenvalue weighted by Gasteiger charge is 2.29. The predicted octanol–water partition coefficient (Wildman–Crippen LogP) is 3.06. The second-order valence-electron chi connectivity index (χ2n) is 7.76. The molecule has 0 spiro atoms. The average Bonchev–Trinajstić information content (AvgIpc) is 2.70. The molecule has 0 saturated heterocycles. The highest BCUT2D eigenvalue weighted by molar-refractivity contribution is 5.79. The van der Waals surface area contributed by atoms with Gasteiger partial charge < -0.3 is 21.5 Å². The van der Waals surface area contributed by atoms with Crippen LogP contribution in [0.4, 0.5) is 8.78 Å². The molecule has 31 heavy (non-hydrogen) atoms. The third-order valence-electron chi connectivity index (χ3n) is 4.63. The Morgan fingerprint density at radius 2 is 1.65 bits per heavy atom. The molecule has 6 nitrogen and oxygen atoms in total. The second kappa shape index (κ2) is 16.6. The lowest BCUT2D eigenvalue weighted by Crippen LogP contribution is -2.54. The highest BCUT2D eigenvalue weighted by atomic mass is 19.1. The van der Waals surface area contributed by atoms with Gasteiger partial charge in [-0.3, -0.25) is 9.59 Å². The van der Waals surface area contributed by atoms with E-state index in [0.717, 1.165) is 31.0 Å². The minimum Gasteiger partial charge on any atom is -0.389 e. The second-order valence-corrected chi connectivity index (χ2v) is 7.76. The topological polar surface area (TPSA) is 104 Å². The summed E-state index contributed by atoms with van der Waals surface area (Å²) < 4.78 is 27.1. The zero-order chi connectivity index (χ0) is 23.8. The number of hydrogen-bond acceptors (Lipinski definition) is 4. The maximum atomic E-state index is 13.5. The smallest absolute Gasteiger partial charge is 0.225 e. The summed E-state index contributed by atoms with van der Waals surface area (Å²) >= 11 is 0. The van der Waals surface area contributed by atoms with Crippen LogP contribution in [0, 0.1) is 17.6 Å². The van der Waals surface area contributed by atoms with Crippen molar-refractivity contribution >= 4 is 12.3 Å². The summed E-state index contributed by atoms with van der Waals surface area (Å²) in [6, 6.07) is 1.69. The number of carbonyl (C=O) groups excluding carboxylic acids is 2. The molecule has 2 amide bonds. The van der Waals surface area contributed by atoms with Crippen LogP contribution >= 0.6 is 0 Å². The fourth-order valence-corrected chi connectivity index (χ4v) is 3.21. The van der Waals surface area contributed by atoms with E-state index in [1.807, 2.05) is 13.8 Å². The first-order chi connectivity index (χ1) is 14.7. The van der Waals surface area contributed by atoms with Crippen LogP contribution in [0.2, 0.25) is 0 Å². The van der Waals surface area contributed by atoms with E-state index in [0.29, 0.717) is 24.8 Å². The molecule has 0 bridgehead atoms. The molecule has 0 aromatic heterocycles. The number of carbonyl (C=O) groups is 2. The van der Waals surface area contributed by atoms with Crippen molar-refractivity contribution in [3.63, 3.8) is 0 Å². The molecule has 1 rings (SSSR count). The summed E-state index contributed by atoms with van der Waals surface area (Å²) in [5.41, 5.74) is 6.33. The van der Waals surface area contributed by atoms with Crippen molar-refractivity contribution in [1.29, 1.82) is 0 Å². The fraction of sp³-hybridized carbons (Fsp3) is 0.652. The lowest BCUT2D eigenvalue weighted by molar-refractivity contribution is -0.127. The Morgan fingerprint density at radius 1 is 1.10 bits per heavy atom. The minimum atomic E-state index is -1.09. The van der Waals surface area contributed by atoms with Crippen molar-refractivity contribution < 1.29 is 23.5 Å². The van der Waals surface area contributed by atoms with Crippen LogP contribution in [0.15, 0.2) is 18.2 Å². The molecular weight excluding hydrogens is 404 g/mol. The Morgan fingerprint density at radius 3 is 2.13 bits per heavy atom. The third kappa shape index (κ3) is 11.8. The summed E-state index contributed by atoms with van der Waals surface area (Å²) in [6.07, 6.45) is 3.28. The zero-order valence-electron chi connectivity index (χ0n) is 19.2. The molecule has 1 aromatic rings. The van der Waals surface area contributed by atoms with E-state index in [2.05, 4.69) is 24.5 Å². The summed E-state index contributed by atoms with van der Waals surface area (Å²) in [5.74, 6) is -2.28. The number of nitrogens with one attached hydrogen (secondary N) is 2. The van der Waals surface area contributed by atoms with Gasteiger partial charge in [0.25, 0.3) is 0 Å². The van der Waals surface area contributed by atoms with Gasteiger partial charge in [-0.05, 0) is 37.0 Å². The van der Waals surface area contributed by atoms with Crippen LogP contribution in [0.1, 0.15) is 65.4 Å². The molecule has 1 aromatic carbocycles. The average molecular weight is 444 g/mol. The van der Waals surface area contributed by atoms with Gasteiger partial charge in [-0.2, -0.15) is 0 Å². The van der Waals surface area contributed by atoms with Crippen LogP contribution < -0.4 is 16.4 Å². The summed E-state index contributed by atoms with van der Waals surface area (Å²) in [4.78, 5) is 23.3. The van der Waals surface area contributed by atoms with E-state index in [9.17, 15) is 23.5 Å². The van der Waals surface area contributed by atoms with Gasteiger partial charge in [0.15, 0.2) is 0 Å². The normalized spacial score (nSPS) is 14.5. The maximum absolute atomic E-state index is 13.5. The first kappa shape index (κ1) is 28.9. The molecule has 0 heterocycles. The Kier molecular flexibility index (Phi) is 15.5. The summed E-state index contributed by atoms with van der Waals surface area (Å²) in [6.45, 7) is 8.26. The number of rotatable bonds is 13. The number of amides is 2. The van der Waals surface area contributed by atoms with E-state index >= 15 is 0 Å². The molecule has 0 radical (unpaired) electrons. The SMILES string of the molecule is CCC.CCCC(CNC=O)C(=O)NC(Cc1cc(F)cc(F)c1)C(O)C(N)CCC. The monoisotopic (exact) mass is 443 g/mol. The van der Waals surface area contributed by atoms with E-state index in [1.54, 1.807) is 0 Å². The molecule has 0 aliphatic carbocycles. The first-order valence-electron chi connectivity index (χ1n) is 11.1. The van der Waals surface area contributed by atoms with Crippen LogP contribution in [0.25, 0.3) is 0 Å². The standard InChI is InChI=1S/C20H31F2N3O3.C3H8/c1-3-5-14(11-24-12-26)20(28)25-18(19(27)17(23)6-4-2)9-13-7-15(21)10-16(22)8-13;1-3-2/h7-8,10,12,14,17-19,27H,3-6,9,11,23H2,1-2H3,(H,24,26)(H,25,28);3H2,1-2H3. The van der Waals surface area contributed by atoms with Gasteiger partial charge in [0, 0.05) is 18.7 Å². The molecule has 8 heteroatoms. The molecule has 4 atom stereocenters. The highest BCUT2D eigenvalue weighted by Crippen LogP contribution is 2.15. The van der Waals surface area contributed by atoms with Crippen LogP contribution in [-0.4, -0.2) is 42.2 Å². The predicted molar refractivity (Wildman–Crippen MR) is 119 cm³/mol. The number of hydrogen-bond donors (Lipinski definition) is 4. The van der Waals surface area contributed by atoms with Crippen LogP contribution in [0.5, 0.6) is 0 Å². The van der Waals surface area contributed by atoms with E-state index in [-0.39, 0.29) is 18.9 Å². The Balaban J connectivity index is 0.00000282. The van der Waals surface area contributed by atoms with E-state index < -0.39 is 35.7 Å². The van der Waals surface area contributed by atoms with E-state index in [4.69, 9.17) is 5.73 Å². The molecule has 4 unspecified atom stereocenters. The molecule has 0 aliphatic heterocycles. The van der Waals surface area contributed by atoms with Crippen molar-refractivity contribution in [3.8, 4) is 0 Å². The lowest BCUT2D eigenvalue weighted by Gasteiger charge is -2.30. The fourth-order valence-electron chi connectivity index (χ4n) is 3.21.